The van der Waals surface area contributed by atoms with E-state index in [1.807, 2.05) is 0 Å². The van der Waals surface area contributed by atoms with Gasteiger partial charge in [-0.1, -0.05) is 27.7 Å². The van der Waals surface area contributed by atoms with Crippen LogP contribution >= 0.6 is 0 Å². The normalized spacial score (nSPS) is 30.0. The standard InChI is InChI=1S/C10H18/c1-9(2)6-5-7-10(3,4)8-9/h6-8H2,1-4H3. The maximum atomic E-state index is 3.47. The van der Waals surface area contributed by atoms with Crippen LogP contribution in [0.15, 0.2) is 0 Å². The molecule has 0 amide bonds. The fourth-order valence-corrected chi connectivity index (χ4v) is 2.16. The summed E-state index contributed by atoms with van der Waals surface area (Å²) in [5, 5.41) is 0. The van der Waals surface area contributed by atoms with Crippen molar-refractivity contribution in [3.63, 3.8) is 0 Å². The molecular formula is C10H18. The van der Waals surface area contributed by atoms with E-state index in [0.29, 0.717) is 10.8 Å². The van der Waals surface area contributed by atoms with Gasteiger partial charge in [0.2, 0.25) is 0 Å². The lowest BCUT2D eigenvalue weighted by Crippen LogP contribution is -2.28. The molecule has 0 atom stereocenters. The fraction of sp³-hybridized carbons (Fsp3) is 0.900. The molecule has 0 N–H and O–H groups in total. The summed E-state index contributed by atoms with van der Waals surface area (Å²) in [5.74, 6) is 0. The van der Waals surface area contributed by atoms with E-state index < -0.39 is 0 Å². The number of hydrogen-bond donors (Lipinski definition) is 0. The summed E-state index contributed by atoms with van der Waals surface area (Å²) in [6, 6.07) is 0. The molecule has 0 spiro atoms. The Bertz CT molecular complexity index is 106. The van der Waals surface area contributed by atoms with Gasteiger partial charge in [-0.25, -0.2) is 0 Å². The smallest absolute Gasteiger partial charge is 0.0162 e. The first-order valence-electron chi connectivity index (χ1n) is 4.12. The lowest BCUT2D eigenvalue weighted by Gasteiger charge is -2.40. The Balaban J connectivity index is 2.56. The summed E-state index contributed by atoms with van der Waals surface area (Å²) < 4.78 is 0. The zero-order chi connectivity index (χ0) is 7.83. The minimum absolute atomic E-state index is 0.502. The summed E-state index contributed by atoms with van der Waals surface area (Å²) in [5.41, 5.74) is 1.00. The summed E-state index contributed by atoms with van der Waals surface area (Å²) in [6.07, 6.45) is 7.16. The van der Waals surface area contributed by atoms with Crippen molar-refractivity contribution in [3.05, 3.63) is 6.42 Å². The average Bonchev–Trinajstić information content (AvgIpc) is 1.56. The Hall–Kier alpha value is 0. The molecular weight excluding hydrogens is 120 g/mol. The second kappa shape index (κ2) is 2.25. The Kier molecular flexibility index (Phi) is 1.82. The van der Waals surface area contributed by atoms with Crippen LogP contribution in [0.4, 0.5) is 0 Å². The first-order chi connectivity index (χ1) is 4.41. The Labute approximate surface area is 65.0 Å². The third-order valence-electron chi connectivity index (χ3n) is 2.16. The molecule has 10 heavy (non-hydrogen) atoms. The van der Waals surface area contributed by atoms with Crippen molar-refractivity contribution in [1.82, 2.24) is 0 Å². The Morgan fingerprint density at radius 1 is 0.900 bits per heavy atom. The molecule has 1 aliphatic carbocycles. The highest BCUT2D eigenvalue weighted by atomic mass is 14.4. The first kappa shape index (κ1) is 8.10. The molecule has 1 saturated carbocycles. The molecule has 0 heteroatoms. The molecule has 58 valence electrons. The molecule has 1 rings (SSSR count). The van der Waals surface area contributed by atoms with E-state index in [1.54, 1.807) is 0 Å². The molecule has 0 aromatic rings. The van der Waals surface area contributed by atoms with Crippen molar-refractivity contribution < 1.29 is 0 Å². The van der Waals surface area contributed by atoms with Crippen LogP contribution in [0.25, 0.3) is 0 Å². The van der Waals surface area contributed by atoms with Gasteiger partial charge < -0.3 is 0 Å². The van der Waals surface area contributed by atoms with E-state index in [-0.39, 0.29) is 0 Å². The maximum Gasteiger partial charge on any atom is -0.0162 e. The van der Waals surface area contributed by atoms with Crippen LogP contribution < -0.4 is 0 Å². The van der Waals surface area contributed by atoms with Gasteiger partial charge in [-0.05, 0) is 36.5 Å². The molecule has 0 aliphatic heterocycles. The molecule has 2 radical (unpaired) electrons. The minimum Gasteiger partial charge on any atom is -0.0599 e. The van der Waals surface area contributed by atoms with Crippen molar-refractivity contribution in [3.8, 4) is 0 Å². The molecule has 0 aromatic carbocycles. The van der Waals surface area contributed by atoms with Gasteiger partial charge in [-0.3, -0.25) is 0 Å². The number of rotatable bonds is 0. The van der Waals surface area contributed by atoms with Crippen LogP contribution in [-0.4, -0.2) is 0 Å². The summed E-state index contributed by atoms with van der Waals surface area (Å²) in [4.78, 5) is 0. The predicted molar refractivity (Wildman–Crippen MR) is 44.7 cm³/mol. The summed E-state index contributed by atoms with van der Waals surface area (Å²) in [7, 11) is 0. The molecule has 0 nitrogen and oxygen atoms in total. The molecule has 1 fully saturated rings. The Morgan fingerprint density at radius 3 is 1.50 bits per heavy atom. The van der Waals surface area contributed by atoms with E-state index in [9.17, 15) is 0 Å². The molecule has 0 bridgehead atoms. The van der Waals surface area contributed by atoms with Crippen LogP contribution in [-0.2, 0) is 0 Å². The highest BCUT2D eigenvalue weighted by molar-refractivity contribution is 4.92. The second-order valence-corrected chi connectivity index (χ2v) is 5.11. The van der Waals surface area contributed by atoms with Gasteiger partial charge in [0.1, 0.15) is 0 Å². The average molecular weight is 138 g/mol. The van der Waals surface area contributed by atoms with Gasteiger partial charge in [0.05, 0.1) is 0 Å². The topological polar surface area (TPSA) is 0 Å². The minimum atomic E-state index is 0.502. The predicted octanol–water partition coefficient (Wildman–Crippen LogP) is 3.30. The first-order valence-corrected chi connectivity index (χ1v) is 4.12. The van der Waals surface area contributed by atoms with E-state index in [0.717, 1.165) is 0 Å². The van der Waals surface area contributed by atoms with E-state index in [1.165, 1.54) is 19.3 Å². The zero-order valence-electron chi connectivity index (χ0n) is 7.62. The quantitative estimate of drug-likeness (QED) is 0.482. The monoisotopic (exact) mass is 138 g/mol. The largest absolute Gasteiger partial charge is 0.0599 e. The highest BCUT2D eigenvalue weighted by Crippen LogP contribution is 2.44. The summed E-state index contributed by atoms with van der Waals surface area (Å²) >= 11 is 0. The second-order valence-electron chi connectivity index (χ2n) is 5.11. The van der Waals surface area contributed by atoms with Crippen molar-refractivity contribution >= 4 is 0 Å². The molecule has 0 unspecified atom stereocenters. The van der Waals surface area contributed by atoms with Gasteiger partial charge in [0, 0.05) is 0 Å². The van der Waals surface area contributed by atoms with Crippen molar-refractivity contribution in [2.45, 2.75) is 47.0 Å². The third kappa shape index (κ3) is 2.00. The summed E-state index contributed by atoms with van der Waals surface area (Å²) in [6.45, 7) is 9.34. The van der Waals surface area contributed by atoms with Crippen LogP contribution in [0.2, 0.25) is 0 Å². The van der Waals surface area contributed by atoms with Crippen LogP contribution in [0, 0.1) is 17.3 Å². The molecule has 0 saturated heterocycles. The SMILES string of the molecule is CC1(C)C[C]CC(C)(C)C1. The van der Waals surface area contributed by atoms with Gasteiger partial charge in [-0.15, -0.1) is 0 Å². The van der Waals surface area contributed by atoms with Crippen molar-refractivity contribution in [1.29, 1.82) is 0 Å². The lowest BCUT2D eigenvalue weighted by molar-refractivity contribution is 0.150. The molecule has 1 aliphatic rings. The van der Waals surface area contributed by atoms with Crippen LogP contribution in [0.3, 0.4) is 0 Å². The van der Waals surface area contributed by atoms with Gasteiger partial charge in [0.25, 0.3) is 0 Å². The molecule has 0 aromatic heterocycles. The molecule has 0 heterocycles. The van der Waals surface area contributed by atoms with Crippen molar-refractivity contribution in [2.24, 2.45) is 10.8 Å². The third-order valence-corrected chi connectivity index (χ3v) is 2.16. The fourth-order valence-electron chi connectivity index (χ4n) is 2.16. The zero-order valence-corrected chi connectivity index (χ0v) is 7.62. The van der Waals surface area contributed by atoms with Gasteiger partial charge in [0.15, 0.2) is 0 Å². The number of hydrogen-bond acceptors (Lipinski definition) is 0. The lowest BCUT2D eigenvalue weighted by atomic mass is 9.65. The maximum absolute atomic E-state index is 3.47. The van der Waals surface area contributed by atoms with Crippen LogP contribution in [0.5, 0.6) is 0 Å². The van der Waals surface area contributed by atoms with E-state index in [4.69, 9.17) is 0 Å². The van der Waals surface area contributed by atoms with Gasteiger partial charge in [-0.2, -0.15) is 0 Å². The van der Waals surface area contributed by atoms with Crippen LogP contribution in [0.1, 0.15) is 47.0 Å². The Morgan fingerprint density at radius 2 is 1.30 bits per heavy atom. The highest BCUT2D eigenvalue weighted by Gasteiger charge is 2.32. The van der Waals surface area contributed by atoms with E-state index in [2.05, 4.69) is 34.1 Å². The van der Waals surface area contributed by atoms with Crippen molar-refractivity contribution in [2.75, 3.05) is 0 Å². The van der Waals surface area contributed by atoms with E-state index >= 15 is 0 Å². The van der Waals surface area contributed by atoms with Gasteiger partial charge >= 0.3 is 0 Å².